The molecular formula is C44H26IrO2-2. The van der Waals surface area contributed by atoms with Gasteiger partial charge in [0.1, 0.15) is 22.3 Å². The molecule has 10 aromatic rings. The molecule has 0 saturated carbocycles. The predicted octanol–water partition coefficient (Wildman–Crippen LogP) is 12.4. The average molecular weight is 779 g/mol. The van der Waals surface area contributed by atoms with Crippen LogP contribution < -0.4 is 0 Å². The van der Waals surface area contributed by atoms with Gasteiger partial charge in [0, 0.05) is 41.7 Å². The van der Waals surface area contributed by atoms with Gasteiger partial charge in [0.05, 0.1) is 0 Å². The molecule has 2 aromatic heterocycles. The Hall–Kier alpha value is -5.47. The molecule has 8 aromatic carbocycles. The van der Waals surface area contributed by atoms with Crippen molar-refractivity contribution in [3.8, 4) is 22.3 Å². The standard InChI is InChI=1S/2C22H13O.Ir/c2*1-2-7-15(8-3-1)17-11-6-9-16-13-22-20(14-19(16)17)18-10-4-5-12-21(18)23-22;/h2*1-7,9-14H;/q2*-1;. The van der Waals surface area contributed by atoms with Crippen LogP contribution in [0, 0.1) is 12.1 Å². The molecule has 0 fully saturated rings. The van der Waals surface area contributed by atoms with Gasteiger partial charge in [0.15, 0.2) is 0 Å². The van der Waals surface area contributed by atoms with Gasteiger partial charge in [0.25, 0.3) is 0 Å². The Morgan fingerprint density at radius 3 is 1.23 bits per heavy atom. The van der Waals surface area contributed by atoms with Crippen LogP contribution in [0.2, 0.25) is 0 Å². The van der Waals surface area contributed by atoms with E-state index in [1.54, 1.807) is 0 Å². The summed E-state index contributed by atoms with van der Waals surface area (Å²) in [4.78, 5) is 0. The van der Waals surface area contributed by atoms with Crippen molar-refractivity contribution in [3.05, 3.63) is 170 Å². The molecule has 0 unspecified atom stereocenters. The number of hydrogen-bond acceptors (Lipinski definition) is 2. The number of rotatable bonds is 2. The molecule has 2 heterocycles. The summed E-state index contributed by atoms with van der Waals surface area (Å²) in [5, 5.41) is 9.49. The minimum absolute atomic E-state index is 0. The van der Waals surface area contributed by atoms with E-state index in [9.17, 15) is 0 Å². The van der Waals surface area contributed by atoms with Crippen molar-refractivity contribution in [1.29, 1.82) is 0 Å². The number of fused-ring (bicyclic) bond motifs is 8. The molecule has 0 aliphatic heterocycles. The Balaban J connectivity index is 0.000000135. The number of hydrogen-bond donors (Lipinski definition) is 0. The van der Waals surface area contributed by atoms with Gasteiger partial charge in [-0.1, -0.05) is 107 Å². The van der Waals surface area contributed by atoms with Crippen molar-refractivity contribution >= 4 is 65.4 Å². The van der Waals surface area contributed by atoms with Gasteiger partial charge < -0.3 is 8.83 Å². The van der Waals surface area contributed by atoms with Crippen LogP contribution in [0.5, 0.6) is 0 Å². The van der Waals surface area contributed by atoms with E-state index in [1.165, 1.54) is 32.7 Å². The van der Waals surface area contributed by atoms with Gasteiger partial charge in [0.2, 0.25) is 0 Å². The first-order valence-corrected chi connectivity index (χ1v) is 15.4. The van der Waals surface area contributed by atoms with Crippen molar-refractivity contribution in [3.63, 3.8) is 0 Å². The van der Waals surface area contributed by atoms with Crippen LogP contribution >= 0.6 is 0 Å². The SMILES string of the molecule is [Ir].[c-]1ccccc1-c1cccc2cc3oc4ccccc4c3cc12.[c-]1ccccc1-c1cccc2cc3oc4ccccc4c3cc12. The van der Waals surface area contributed by atoms with Gasteiger partial charge in [-0.15, -0.1) is 71.8 Å². The predicted molar refractivity (Wildman–Crippen MR) is 191 cm³/mol. The van der Waals surface area contributed by atoms with Gasteiger partial charge in [-0.25, -0.2) is 0 Å². The van der Waals surface area contributed by atoms with Crippen molar-refractivity contribution in [1.82, 2.24) is 0 Å². The van der Waals surface area contributed by atoms with E-state index in [4.69, 9.17) is 8.83 Å². The number of furan rings is 2. The fourth-order valence-corrected chi connectivity index (χ4v) is 6.58. The van der Waals surface area contributed by atoms with E-state index in [-0.39, 0.29) is 20.1 Å². The van der Waals surface area contributed by atoms with E-state index in [0.29, 0.717) is 0 Å². The second kappa shape index (κ2) is 12.0. The summed E-state index contributed by atoms with van der Waals surface area (Å²) in [6.45, 7) is 0. The van der Waals surface area contributed by atoms with Crippen LogP contribution in [0.4, 0.5) is 0 Å². The normalized spacial score (nSPS) is 11.2. The maximum atomic E-state index is 6.00. The van der Waals surface area contributed by atoms with E-state index in [2.05, 4.69) is 121 Å². The van der Waals surface area contributed by atoms with Crippen molar-refractivity contribution in [2.45, 2.75) is 0 Å². The third-order valence-electron chi connectivity index (χ3n) is 8.75. The molecule has 225 valence electrons. The van der Waals surface area contributed by atoms with Crippen molar-refractivity contribution in [2.75, 3.05) is 0 Å². The van der Waals surface area contributed by atoms with Crippen LogP contribution in [0.15, 0.2) is 167 Å². The first kappa shape index (κ1) is 29.0. The fraction of sp³-hybridized carbons (Fsp3) is 0. The fourth-order valence-electron chi connectivity index (χ4n) is 6.58. The zero-order chi connectivity index (χ0) is 30.5. The summed E-state index contributed by atoms with van der Waals surface area (Å²) in [5.74, 6) is 0. The molecule has 0 atom stereocenters. The first-order valence-electron chi connectivity index (χ1n) is 15.4. The summed E-state index contributed by atoms with van der Waals surface area (Å²) in [6.07, 6.45) is 0. The minimum atomic E-state index is 0. The van der Waals surface area contributed by atoms with Crippen LogP contribution in [0.3, 0.4) is 0 Å². The summed E-state index contributed by atoms with van der Waals surface area (Å²) in [5.41, 5.74) is 8.39. The summed E-state index contributed by atoms with van der Waals surface area (Å²) in [6, 6.07) is 60.8. The molecule has 0 amide bonds. The van der Waals surface area contributed by atoms with Crippen molar-refractivity contribution < 1.29 is 28.9 Å². The Labute approximate surface area is 285 Å². The molecule has 10 rings (SSSR count). The summed E-state index contributed by atoms with van der Waals surface area (Å²) >= 11 is 0. The van der Waals surface area contributed by atoms with Gasteiger partial charge in [-0.3, -0.25) is 0 Å². The van der Waals surface area contributed by atoms with E-state index < -0.39 is 0 Å². The van der Waals surface area contributed by atoms with Crippen LogP contribution in [0.1, 0.15) is 0 Å². The molecule has 2 nitrogen and oxygen atoms in total. The van der Waals surface area contributed by atoms with Crippen LogP contribution in [-0.2, 0) is 20.1 Å². The van der Waals surface area contributed by atoms with Crippen LogP contribution in [0.25, 0.3) is 87.7 Å². The molecule has 0 aliphatic carbocycles. The van der Waals surface area contributed by atoms with E-state index in [1.807, 2.05) is 48.5 Å². The molecule has 3 heteroatoms. The Bertz CT molecular complexity index is 2500. The van der Waals surface area contributed by atoms with E-state index in [0.717, 1.165) is 55.0 Å². The molecule has 1 radical (unpaired) electrons. The van der Waals surface area contributed by atoms with Gasteiger partial charge in [-0.05, 0) is 35.0 Å². The average Bonchev–Trinajstić information content (AvgIpc) is 3.67. The zero-order valence-corrected chi connectivity index (χ0v) is 27.6. The van der Waals surface area contributed by atoms with Crippen LogP contribution in [-0.4, -0.2) is 0 Å². The molecular weight excluding hydrogens is 753 g/mol. The van der Waals surface area contributed by atoms with Gasteiger partial charge in [-0.2, -0.15) is 0 Å². The molecule has 0 bridgehead atoms. The third-order valence-corrected chi connectivity index (χ3v) is 8.75. The first-order chi connectivity index (χ1) is 22.8. The molecule has 0 N–H and O–H groups in total. The Morgan fingerprint density at radius 1 is 0.340 bits per heavy atom. The molecule has 47 heavy (non-hydrogen) atoms. The smallest absolute Gasteiger partial charge is 0.136 e. The topological polar surface area (TPSA) is 26.3 Å². The van der Waals surface area contributed by atoms with Gasteiger partial charge >= 0.3 is 0 Å². The number of para-hydroxylation sites is 2. The maximum absolute atomic E-state index is 6.00. The molecule has 0 spiro atoms. The zero-order valence-electron chi connectivity index (χ0n) is 25.2. The summed E-state index contributed by atoms with van der Waals surface area (Å²) in [7, 11) is 0. The molecule has 0 aliphatic rings. The second-order valence-corrected chi connectivity index (χ2v) is 11.5. The summed E-state index contributed by atoms with van der Waals surface area (Å²) < 4.78 is 12.0. The molecule has 0 saturated heterocycles. The Kier molecular flexibility index (Phi) is 7.42. The monoisotopic (exact) mass is 779 g/mol. The largest absolute Gasteiger partial charge is 0.456 e. The third kappa shape index (κ3) is 5.11. The quantitative estimate of drug-likeness (QED) is 0.163. The minimum Gasteiger partial charge on any atom is -0.456 e. The second-order valence-electron chi connectivity index (χ2n) is 11.5. The van der Waals surface area contributed by atoms with Crippen molar-refractivity contribution in [2.24, 2.45) is 0 Å². The number of benzene rings is 8. The maximum Gasteiger partial charge on any atom is 0.136 e. The Morgan fingerprint density at radius 2 is 0.787 bits per heavy atom. The van der Waals surface area contributed by atoms with E-state index >= 15 is 0 Å².